The summed E-state index contributed by atoms with van der Waals surface area (Å²) >= 11 is 0. The maximum atomic E-state index is 2.72. The maximum absolute atomic E-state index is 2.72. The predicted octanol–water partition coefficient (Wildman–Crippen LogP) is 7.78. The van der Waals surface area contributed by atoms with Crippen LogP contribution in [0.4, 0.5) is 0 Å². The van der Waals surface area contributed by atoms with E-state index in [-0.39, 0.29) is 0 Å². The number of allylic oxidation sites excluding steroid dienone is 2. The Bertz CT molecular complexity index is 542. The fourth-order valence-corrected chi connectivity index (χ4v) is 8.51. The molecule has 0 saturated heterocycles. The average molecular weight is 343 g/mol. The summed E-state index contributed by atoms with van der Waals surface area (Å²) in [6.07, 6.45) is 16.3. The highest BCUT2D eigenvalue weighted by Crippen LogP contribution is 2.68. The van der Waals surface area contributed by atoms with Gasteiger partial charge in [-0.2, -0.15) is 0 Å². The molecule has 0 nitrogen and oxygen atoms in total. The summed E-state index contributed by atoms with van der Waals surface area (Å²) < 4.78 is 0. The van der Waals surface area contributed by atoms with Gasteiger partial charge in [-0.15, -0.1) is 0 Å². The Labute approximate surface area is 157 Å². The molecule has 0 aliphatic heterocycles. The minimum absolute atomic E-state index is 0.561. The summed E-state index contributed by atoms with van der Waals surface area (Å²) in [5, 5.41) is 0. The second-order valence-electron chi connectivity index (χ2n) is 11.0. The van der Waals surface area contributed by atoms with Crippen LogP contribution in [0.5, 0.6) is 0 Å². The van der Waals surface area contributed by atoms with Crippen LogP contribution in [-0.2, 0) is 0 Å². The molecule has 142 valence electrons. The molecule has 0 aromatic carbocycles. The molecule has 4 aliphatic carbocycles. The van der Waals surface area contributed by atoms with E-state index >= 15 is 0 Å². The van der Waals surface area contributed by atoms with Gasteiger partial charge in [-0.1, -0.05) is 51.7 Å². The Morgan fingerprint density at radius 1 is 1.00 bits per heavy atom. The van der Waals surface area contributed by atoms with Gasteiger partial charge in [0.15, 0.2) is 0 Å². The fourth-order valence-electron chi connectivity index (χ4n) is 8.51. The minimum Gasteiger partial charge on any atom is -0.0736 e. The highest BCUT2D eigenvalue weighted by molar-refractivity contribution is 5.28. The molecule has 4 rings (SSSR count). The van der Waals surface area contributed by atoms with Crippen molar-refractivity contribution in [2.45, 2.75) is 105 Å². The third-order valence-corrected chi connectivity index (χ3v) is 9.85. The van der Waals surface area contributed by atoms with Gasteiger partial charge in [0.1, 0.15) is 0 Å². The van der Waals surface area contributed by atoms with Crippen molar-refractivity contribution >= 4 is 0 Å². The van der Waals surface area contributed by atoms with Crippen molar-refractivity contribution < 1.29 is 0 Å². The van der Waals surface area contributed by atoms with Crippen LogP contribution in [0, 0.1) is 40.4 Å². The SMILES string of the molecule is CCC/C(C)=C1\CCC2C3CCC4CC(C)CCC4(C)C3CCC12C. The van der Waals surface area contributed by atoms with Crippen LogP contribution in [0.3, 0.4) is 0 Å². The van der Waals surface area contributed by atoms with Gasteiger partial charge in [0, 0.05) is 0 Å². The third kappa shape index (κ3) is 2.68. The molecule has 0 heterocycles. The zero-order valence-electron chi connectivity index (χ0n) is 17.7. The van der Waals surface area contributed by atoms with Gasteiger partial charge in [-0.25, -0.2) is 0 Å². The smallest absolute Gasteiger partial charge is 0.00826 e. The van der Waals surface area contributed by atoms with Crippen LogP contribution in [0.1, 0.15) is 105 Å². The van der Waals surface area contributed by atoms with E-state index in [4.69, 9.17) is 0 Å². The van der Waals surface area contributed by atoms with Crippen LogP contribution < -0.4 is 0 Å². The molecule has 25 heavy (non-hydrogen) atoms. The molecule has 0 N–H and O–H groups in total. The van der Waals surface area contributed by atoms with E-state index in [1.807, 2.05) is 5.57 Å². The van der Waals surface area contributed by atoms with E-state index in [2.05, 4.69) is 34.6 Å². The zero-order valence-corrected chi connectivity index (χ0v) is 17.7. The van der Waals surface area contributed by atoms with Gasteiger partial charge >= 0.3 is 0 Å². The first-order chi connectivity index (χ1) is 11.9. The van der Waals surface area contributed by atoms with E-state index in [0.717, 1.165) is 29.6 Å². The molecule has 4 aliphatic rings. The van der Waals surface area contributed by atoms with E-state index in [1.54, 1.807) is 18.4 Å². The quantitative estimate of drug-likeness (QED) is 0.449. The van der Waals surface area contributed by atoms with E-state index < -0.39 is 0 Å². The van der Waals surface area contributed by atoms with Crippen LogP contribution in [0.25, 0.3) is 0 Å². The molecular weight excluding hydrogens is 300 g/mol. The molecule has 0 amide bonds. The van der Waals surface area contributed by atoms with E-state index in [1.165, 1.54) is 57.8 Å². The van der Waals surface area contributed by atoms with Crippen molar-refractivity contribution in [1.29, 1.82) is 0 Å². The number of hydrogen-bond acceptors (Lipinski definition) is 0. The first-order valence-corrected chi connectivity index (χ1v) is 11.6. The summed E-state index contributed by atoms with van der Waals surface area (Å²) in [6.45, 7) is 12.7. The van der Waals surface area contributed by atoms with Crippen LogP contribution in [-0.4, -0.2) is 0 Å². The lowest BCUT2D eigenvalue weighted by Gasteiger charge is -2.60. The van der Waals surface area contributed by atoms with Crippen LogP contribution in [0.2, 0.25) is 0 Å². The lowest BCUT2D eigenvalue weighted by atomic mass is 9.44. The second kappa shape index (κ2) is 6.42. The van der Waals surface area contributed by atoms with Crippen LogP contribution in [0.15, 0.2) is 11.1 Å². The Balaban J connectivity index is 1.61. The number of hydrogen-bond donors (Lipinski definition) is 0. The lowest BCUT2D eigenvalue weighted by Crippen LogP contribution is -2.52. The highest BCUT2D eigenvalue weighted by atomic mass is 14.6. The first-order valence-electron chi connectivity index (χ1n) is 11.6. The van der Waals surface area contributed by atoms with E-state index in [0.29, 0.717) is 10.8 Å². The summed E-state index contributed by atoms with van der Waals surface area (Å²) in [5.74, 6) is 5.12. The van der Waals surface area contributed by atoms with Crippen molar-refractivity contribution in [3.8, 4) is 0 Å². The molecule has 7 unspecified atom stereocenters. The average Bonchev–Trinajstić information content (AvgIpc) is 2.93. The van der Waals surface area contributed by atoms with Crippen molar-refractivity contribution in [1.82, 2.24) is 0 Å². The molecule has 0 bridgehead atoms. The zero-order chi connectivity index (χ0) is 17.8. The van der Waals surface area contributed by atoms with Gasteiger partial charge in [-0.05, 0) is 105 Å². The van der Waals surface area contributed by atoms with Gasteiger partial charge in [-0.3, -0.25) is 0 Å². The fraction of sp³-hybridized carbons (Fsp3) is 0.920. The lowest BCUT2D eigenvalue weighted by molar-refractivity contribution is -0.105. The standard InChI is InChI=1S/C25H42/c1-6-7-18(3)21-10-11-22-20-9-8-19-16-17(2)12-14-24(19,4)23(20)13-15-25(21,22)5/h17,19-20,22-23H,6-16H2,1-5H3/b21-18+. The number of fused-ring (bicyclic) bond motifs is 5. The summed E-state index contributed by atoms with van der Waals surface area (Å²) in [7, 11) is 0. The molecule has 4 saturated carbocycles. The minimum atomic E-state index is 0.561. The van der Waals surface area contributed by atoms with Crippen LogP contribution >= 0.6 is 0 Å². The third-order valence-electron chi connectivity index (χ3n) is 9.85. The Hall–Kier alpha value is -0.260. The molecule has 0 radical (unpaired) electrons. The normalized spacial score (nSPS) is 51.5. The largest absolute Gasteiger partial charge is 0.0736 e. The summed E-state index contributed by atoms with van der Waals surface area (Å²) in [6, 6.07) is 0. The molecule has 0 spiro atoms. The highest BCUT2D eigenvalue weighted by Gasteiger charge is 2.58. The molecule has 7 atom stereocenters. The Kier molecular flexibility index (Phi) is 4.65. The summed E-state index contributed by atoms with van der Waals surface area (Å²) in [4.78, 5) is 0. The topological polar surface area (TPSA) is 0 Å². The monoisotopic (exact) mass is 342 g/mol. The molecule has 0 heteroatoms. The van der Waals surface area contributed by atoms with Gasteiger partial charge in [0.2, 0.25) is 0 Å². The molecule has 0 aromatic heterocycles. The van der Waals surface area contributed by atoms with Gasteiger partial charge in [0.05, 0.1) is 0 Å². The van der Waals surface area contributed by atoms with Gasteiger partial charge < -0.3 is 0 Å². The maximum Gasteiger partial charge on any atom is -0.00826 e. The Morgan fingerprint density at radius 3 is 2.56 bits per heavy atom. The first kappa shape index (κ1) is 18.1. The van der Waals surface area contributed by atoms with Crippen molar-refractivity contribution in [3.05, 3.63) is 11.1 Å². The summed E-state index contributed by atoms with van der Waals surface area (Å²) in [5.41, 5.74) is 4.91. The van der Waals surface area contributed by atoms with Crippen molar-refractivity contribution in [3.63, 3.8) is 0 Å². The predicted molar refractivity (Wildman–Crippen MR) is 108 cm³/mol. The van der Waals surface area contributed by atoms with Gasteiger partial charge in [0.25, 0.3) is 0 Å². The molecular formula is C25H42. The Morgan fingerprint density at radius 2 is 1.80 bits per heavy atom. The van der Waals surface area contributed by atoms with E-state index in [9.17, 15) is 0 Å². The number of rotatable bonds is 2. The second-order valence-corrected chi connectivity index (χ2v) is 11.0. The van der Waals surface area contributed by atoms with Crippen molar-refractivity contribution in [2.75, 3.05) is 0 Å². The molecule has 0 aromatic rings. The molecule has 4 fully saturated rings. The van der Waals surface area contributed by atoms with Crippen molar-refractivity contribution in [2.24, 2.45) is 40.4 Å².